The zero-order valence-electron chi connectivity index (χ0n) is 23.2. The van der Waals surface area contributed by atoms with E-state index < -0.39 is 12.0 Å². The number of hydrogen-bond acceptors (Lipinski definition) is 7. The maximum atomic E-state index is 16.9. The number of alkyl halides is 1. The van der Waals surface area contributed by atoms with Crippen molar-refractivity contribution in [3.8, 4) is 17.1 Å². The topological polar surface area (TPSA) is 82.2 Å². The highest BCUT2D eigenvalue weighted by molar-refractivity contribution is 6.36. The molecule has 4 fully saturated rings. The summed E-state index contributed by atoms with van der Waals surface area (Å²) in [7, 11) is 0. The van der Waals surface area contributed by atoms with E-state index in [1.165, 1.54) is 0 Å². The van der Waals surface area contributed by atoms with Gasteiger partial charge in [-0.15, -0.1) is 0 Å². The molecule has 6 heterocycles. The van der Waals surface area contributed by atoms with E-state index in [1.54, 1.807) is 18.3 Å². The number of anilines is 1. The van der Waals surface area contributed by atoms with Crippen LogP contribution in [0.5, 0.6) is 6.01 Å². The van der Waals surface area contributed by atoms with Crippen molar-refractivity contribution < 1.29 is 13.5 Å². The van der Waals surface area contributed by atoms with Crippen LogP contribution in [0, 0.1) is 12.7 Å². The summed E-state index contributed by atoms with van der Waals surface area (Å²) in [6.45, 7) is 4.87. The Labute approximate surface area is 251 Å². The number of halogens is 4. The molecule has 0 amide bonds. The molecule has 2 bridgehead atoms. The standard InChI is InChI=1S/C30H31Cl2F2N7O/c1-15-21(31)8-23-20(10-35-39-23)24(15)25-22(32)7-19-27(26(25)34)37-29(38-28(19)40-12-17-3-4-18(13-40)36-17)42-14-30-5-2-6-41(30)11-16(33)9-30/h7-8,10,16-18,36H,2-6,9,11-14H2,1H3,(H,35,39)/t16-,17-,18+,30+/m1/s1. The lowest BCUT2D eigenvalue weighted by Crippen LogP contribution is -2.51. The summed E-state index contributed by atoms with van der Waals surface area (Å²) in [6, 6.07) is 4.30. The van der Waals surface area contributed by atoms with E-state index in [-0.39, 0.29) is 34.3 Å². The van der Waals surface area contributed by atoms with Gasteiger partial charge in [0, 0.05) is 65.1 Å². The zero-order chi connectivity index (χ0) is 28.7. The zero-order valence-corrected chi connectivity index (χ0v) is 24.7. The maximum absolute atomic E-state index is 16.9. The lowest BCUT2D eigenvalue weighted by atomic mass is 9.95. The van der Waals surface area contributed by atoms with Gasteiger partial charge in [-0.25, -0.2) is 8.78 Å². The number of piperazine rings is 1. The van der Waals surface area contributed by atoms with Crippen LogP contribution in [-0.2, 0) is 0 Å². The van der Waals surface area contributed by atoms with E-state index in [1.807, 2.05) is 6.92 Å². The number of aromatic amines is 1. The quantitative estimate of drug-likeness (QED) is 0.293. The van der Waals surface area contributed by atoms with Gasteiger partial charge in [-0.05, 0) is 56.8 Å². The number of H-pyrrole nitrogens is 1. The molecule has 0 unspecified atom stereocenters. The Bertz CT molecular complexity index is 1720. The fourth-order valence-electron chi connectivity index (χ4n) is 7.80. The Balaban J connectivity index is 1.28. The van der Waals surface area contributed by atoms with E-state index in [4.69, 9.17) is 32.9 Å². The Morgan fingerprint density at radius 1 is 1.07 bits per heavy atom. The molecule has 12 heteroatoms. The van der Waals surface area contributed by atoms with Crippen molar-refractivity contribution in [1.82, 2.24) is 30.4 Å². The predicted molar refractivity (Wildman–Crippen MR) is 160 cm³/mol. The molecule has 220 valence electrons. The van der Waals surface area contributed by atoms with Crippen LogP contribution >= 0.6 is 23.2 Å². The highest BCUT2D eigenvalue weighted by atomic mass is 35.5. The molecule has 2 aromatic heterocycles. The second kappa shape index (κ2) is 9.87. The number of nitrogens with one attached hydrogen (secondary N) is 2. The normalized spacial score (nSPS) is 27.5. The van der Waals surface area contributed by atoms with Crippen molar-refractivity contribution in [2.45, 2.75) is 62.8 Å². The molecule has 8 nitrogen and oxygen atoms in total. The molecule has 4 atom stereocenters. The fraction of sp³-hybridized carbons (Fsp3) is 0.500. The molecule has 42 heavy (non-hydrogen) atoms. The van der Waals surface area contributed by atoms with Crippen molar-refractivity contribution in [2.75, 3.05) is 37.7 Å². The van der Waals surface area contributed by atoms with Crippen molar-refractivity contribution >= 4 is 50.8 Å². The van der Waals surface area contributed by atoms with Gasteiger partial charge in [-0.1, -0.05) is 23.2 Å². The molecule has 8 rings (SSSR count). The van der Waals surface area contributed by atoms with Crippen molar-refractivity contribution in [2.24, 2.45) is 0 Å². The second-order valence-electron chi connectivity index (χ2n) is 12.4. The minimum Gasteiger partial charge on any atom is -0.461 e. The monoisotopic (exact) mass is 613 g/mol. The Hall–Kier alpha value is -2.79. The third-order valence-corrected chi connectivity index (χ3v) is 10.5. The first-order valence-corrected chi connectivity index (χ1v) is 15.4. The van der Waals surface area contributed by atoms with Gasteiger partial charge in [0.1, 0.15) is 24.1 Å². The van der Waals surface area contributed by atoms with Crippen LogP contribution in [0.25, 0.3) is 32.9 Å². The van der Waals surface area contributed by atoms with Crippen LogP contribution in [0.3, 0.4) is 0 Å². The molecule has 0 aliphatic carbocycles. The van der Waals surface area contributed by atoms with Crippen molar-refractivity contribution in [3.63, 3.8) is 0 Å². The maximum Gasteiger partial charge on any atom is 0.319 e. The molecular weight excluding hydrogens is 583 g/mol. The number of hydrogen-bond donors (Lipinski definition) is 2. The number of ether oxygens (including phenoxy) is 1. The minimum atomic E-state index is -0.874. The molecular formula is C30H31Cl2F2N7O. The van der Waals surface area contributed by atoms with Gasteiger partial charge in [0.2, 0.25) is 0 Å². The first-order valence-electron chi connectivity index (χ1n) is 14.6. The molecule has 0 radical (unpaired) electrons. The van der Waals surface area contributed by atoms with Gasteiger partial charge < -0.3 is 15.0 Å². The Morgan fingerprint density at radius 3 is 2.69 bits per heavy atom. The third kappa shape index (κ3) is 4.17. The van der Waals surface area contributed by atoms with Crippen molar-refractivity contribution in [3.05, 3.63) is 39.8 Å². The molecule has 2 aromatic carbocycles. The molecule has 0 saturated carbocycles. The summed E-state index contributed by atoms with van der Waals surface area (Å²) < 4.78 is 37.6. The van der Waals surface area contributed by atoms with Gasteiger partial charge in [0.05, 0.1) is 22.3 Å². The molecule has 4 aliphatic rings. The van der Waals surface area contributed by atoms with Crippen LogP contribution < -0.4 is 15.0 Å². The van der Waals surface area contributed by atoms with Crippen molar-refractivity contribution in [1.29, 1.82) is 0 Å². The number of aromatic nitrogens is 4. The summed E-state index contributed by atoms with van der Waals surface area (Å²) >= 11 is 13.5. The lowest BCUT2D eigenvalue weighted by Gasteiger charge is -2.34. The number of nitrogens with zero attached hydrogens (tertiary/aromatic N) is 5. The first kappa shape index (κ1) is 26.8. The van der Waals surface area contributed by atoms with Crippen LogP contribution in [-0.4, -0.2) is 81.6 Å². The average Bonchev–Trinajstić information content (AvgIpc) is 3.73. The van der Waals surface area contributed by atoms with Gasteiger partial charge >= 0.3 is 6.01 Å². The highest BCUT2D eigenvalue weighted by Crippen LogP contribution is 2.45. The number of rotatable bonds is 5. The highest BCUT2D eigenvalue weighted by Gasteiger charge is 2.49. The minimum absolute atomic E-state index is 0.0929. The molecule has 4 saturated heterocycles. The summed E-state index contributed by atoms with van der Waals surface area (Å²) in [4.78, 5) is 13.9. The summed E-state index contributed by atoms with van der Waals surface area (Å²) in [5, 5.41) is 12.7. The lowest BCUT2D eigenvalue weighted by molar-refractivity contribution is 0.107. The van der Waals surface area contributed by atoms with Gasteiger partial charge in [0.25, 0.3) is 0 Å². The first-order chi connectivity index (χ1) is 20.3. The number of benzene rings is 2. The summed E-state index contributed by atoms with van der Waals surface area (Å²) in [5.74, 6) is 0.0370. The predicted octanol–water partition coefficient (Wildman–Crippen LogP) is 5.82. The van der Waals surface area contributed by atoms with E-state index in [0.717, 1.165) is 45.3 Å². The van der Waals surface area contributed by atoms with Gasteiger partial charge in [-0.3, -0.25) is 10.00 Å². The second-order valence-corrected chi connectivity index (χ2v) is 13.2. The number of fused-ring (bicyclic) bond motifs is 5. The van der Waals surface area contributed by atoms with E-state index in [2.05, 4.69) is 30.3 Å². The van der Waals surface area contributed by atoms with Crippen LogP contribution in [0.15, 0.2) is 18.3 Å². The Kier molecular flexibility index (Phi) is 6.30. The largest absolute Gasteiger partial charge is 0.461 e. The fourth-order valence-corrected chi connectivity index (χ4v) is 8.29. The van der Waals surface area contributed by atoms with Gasteiger partial charge in [0.15, 0.2) is 5.82 Å². The Morgan fingerprint density at radius 2 is 1.88 bits per heavy atom. The van der Waals surface area contributed by atoms with Crippen LogP contribution in [0.1, 0.15) is 37.7 Å². The molecule has 0 spiro atoms. The summed E-state index contributed by atoms with van der Waals surface area (Å²) in [6.07, 6.45) is 5.24. The van der Waals surface area contributed by atoms with Crippen LogP contribution in [0.2, 0.25) is 10.0 Å². The van der Waals surface area contributed by atoms with Gasteiger partial charge in [-0.2, -0.15) is 15.1 Å². The summed E-state index contributed by atoms with van der Waals surface area (Å²) in [5.41, 5.74) is 1.91. The SMILES string of the molecule is Cc1c(Cl)cc2[nH]ncc2c1-c1c(Cl)cc2c(N3C[C@H]4CC[C@@H](C3)N4)nc(OC[C@@]34CCCN3C[C@H](F)C4)nc2c1F. The molecule has 2 N–H and O–H groups in total. The third-order valence-electron chi connectivity index (χ3n) is 9.78. The average molecular weight is 615 g/mol. The van der Waals surface area contributed by atoms with E-state index >= 15 is 4.39 Å². The molecule has 4 aliphatic heterocycles. The van der Waals surface area contributed by atoms with E-state index in [0.29, 0.717) is 63.3 Å². The van der Waals surface area contributed by atoms with E-state index in [9.17, 15) is 4.39 Å². The molecule has 4 aromatic rings. The smallest absolute Gasteiger partial charge is 0.319 e. The van der Waals surface area contributed by atoms with Crippen LogP contribution in [0.4, 0.5) is 14.6 Å².